The van der Waals surface area contributed by atoms with Crippen molar-refractivity contribution < 1.29 is 40.0 Å². The molecular weight excluding hydrogens is 547 g/mol. The molecule has 1 amide bonds. The first kappa shape index (κ1) is 26.6. The highest BCUT2D eigenvalue weighted by Crippen LogP contribution is 2.45. The van der Waals surface area contributed by atoms with Crippen LogP contribution >= 0.6 is 0 Å². The molecule has 3 aliphatic rings. The Kier molecular flexibility index (Phi) is 6.74. The molecule has 1 saturated heterocycles. The van der Waals surface area contributed by atoms with Gasteiger partial charge in [0.25, 0.3) is 0 Å². The number of carbonyl (C=O) groups is 1. The molecule has 1 fully saturated rings. The van der Waals surface area contributed by atoms with Gasteiger partial charge in [0, 0.05) is 18.0 Å². The smallest absolute Gasteiger partial charge is 0.448 e. The number of benzene rings is 3. The summed E-state index contributed by atoms with van der Waals surface area (Å²) >= 11 is 0. The van der Waals surface area contributed by atoms with Crippen molar-refractivity contribution in [1.82, 2.24) is 4.90 Å². The first-order chi connectivity index (χ1) is 19.2. The number of rotatable bonds is 5. The maximum Gasteiger partial charge on any atom is 0.534 e. The first-order valence-electron chi connectivity index (χ1n) is 13.0. The molecule has 0 N–H and O–H groups in total. The quantitative estimate of drug-likeness (QED) is 0.278. The fraction of sp³-hybridized carbons (Fsp3) is 0.345. The Morgan fingerprint density at radius 3 is 2.33 bits per heavy atom. The van der Waals surface area contributed by atoms with E-state index in [9.17, 15) is 26.4 Å². The Balaban J connectivity index is 1.24. The number of amides is 1. The average molecular weight is 574 g/mol. The van der Waals surface area contributed by atoms with Crippen LogP contribution in [0, 0.1) is 0 Å². The standard InChI is InChI=1S/C29H26F3NO6S/c30-29(31,32)40(35,36)39-25-13-5-7-18-14-16-37-27(26(18)25)24-12-6-15-33(24)28(34)38-17-23-21-10-3-1-8-19(21)20-9-2-4-11-22(20)23/h1-5,7-11,13,23-24,27H,6,12,14-17H2/t24?,27-/m0/s1. The molecular formula is C29H26F3NO6S. The van der Waals surface area contributed by atoms with E-state index >= 15 is 0 Å². The van der Waals surface area contributed by atoms with Crippen molar-refractivity contribution >= 4 is 16.2 Å². The van der Waals surface area contributed by atoms with Crippen molar-refractivity contribution in [3.05, 3.63) is 89.0 Å². The second-order valence-electron chi connectivity index (χ2n) is 10.1. The van der Waals surface area contributed by atoms with E-state index in [2.05, 4.69) is 4.18 Å². The van der Waals surface area contributed by atoms with Gasteiger partial charge in [-0.15, -0.1) is 0 Å². The SMILES string of the molecule is O=C(OCC1c2ccccc2-c2ccccc21)N1CCCC1[C@@H]1OCCc2cccc(OS(=O)(=O)C(F)(F)F)c21. The molecule has 0 radical (unpaired) electrons. The lowest BCUT2D eigenvalue weighted by Gasteiger charge is -2.35. The molecule has 1 aliphatic carbocycles. The highest BCUT2D eigenvalue weighted by atomic mass is 32.2. The monoisotopic (exact) mass is 573 g/mol. The summed E-state index contributed by atoms with van der Waals surface area (Å²) in [7, 11) is -5.89. The van der Waals surface area contributed by atoms with Gasteiger partial charge in [0.05, 0.1) is 12.6 Å². The number of hydrogen-bond acceptors (Lipinski definition) is 6. The minimum atomic E-state index is -5.89. The molecule has 2 aliphatic heterocycles. The van der Waals surface area contributed by atoms with Gasteiger partial charge in [0.15, 0.2) is 0 Å². The second kappa shape index (κ2) is 10.1. The molecule has 1 unspecified atom stereocenters. The zero-order chi connectivity index (χ0) is 28.1. The van der Waals surface area contributed by atoms with Crippen LogP contribution in [0.1, 0.15) is 47.1 Å². The van der Waals surface area contributed by atoms with Gasteiger partial charge in [-0.3, -0.25) is 0 Å². The second-order valence-corrected chi connectivity index (χ2v) is 11.6. The van der Waals surface area contributed by atoms with Gasteiger partial charge >= 0.3 is 21.7 Å². The minimum Gasteiger partial charge on any atom is -0.448 e. The van der Waals surface area contributed by atoms with Crippen LogP contribution in [-0.2, 0) is 26.0 Å². The lowest BCUT2D eigenvalue weighted by Crippen LogP contribution is -2.42. The van der Waals surface area contributed by atoms with E-state index in [0.29, 0.717) is 31.4 Å². The van der Waals surface area contributed by atoms with Crippen molar-refractivity contribution in [2.24, 2.45) is 0 Å². The summed E-state index contributed by atoms with van der Waals surface area (Å²) in [6, 6.07) is 19.7. The third kappa shape index (κ3) is 4.60. The Hall–Kier alpha value is -3.57. The first-order valence-corrected chi connectivity index (χ1v) is 14.4. The van der Waals surface area contributed by atoms with Crippen LogP contribution in [0.15, 0.2) is 66.7 Å². The lowest BCUT2D eigenvalue weighted by atomic mass is 9.91. The fourth-order valence-corrected chi connectivity index (χ4v) is 6.54. The molecule has 210 valence electrons. The van der Waals surface area contributed by atoms with E-state index in [1.807, 2.05) is 48.5 Å². The largest absolute Gasteiger partial charge is 0.534 e. The molecule has 2 atom stereocenters. The third-order valence-electron chi connectivity index (χ3n) is 7.81. The van der Waals surface area contributed by atoms with Gasteiger partial charge in [-0.1, -0.05) is 60.7 Å². The van der Waals surface area contributed by atoms with E-state index in [1.54, 1.807) is 6.07 Å². The van der Waals surface area contributed by atoms with Crippen LogP contribution in [0.5, 0.6) is 5.75 Å². The molecule has 0 bridgehead atoms. The van der Waals surface area contributed by atoms with Crippen molar-refractivity contribution in [3.63, 3.8) is 0 Å². The maximum atomic E-state index is 13.4. The Morgan fingerprint density at radius 1 is 0.975 bits per heavy atom. The normalized spacial score (nSPS) is 20.5. The summed E-state index contributed by atoms with van der Waals surface area (Å²) in [4.78, 5) is 14.9. The number of halogens is 3. The van der Waals surface area contributed by atoms with Crippen LogP contribution in [0.2, 0.25) is 0 Å². The van der Waals surface area contributed by atoms with Gasteiger partial charge in [0.2, 0.25) is 0 Å². The Labute approximate surface area is 229 Å². The number of hydrogen-bond donors (Lipinski definition) is 0. The van der Waals surface area contributed by atoms with Crippen molar-refractivity contribution in [2.45, 2.75) is 42.8 Å². The maximum absolute atomic E-state index is 13.4. The highest BCUT2D eigenvalue weighted by molar-refractivity contribution is 7.88. The zero-order valence-corrected chi connectivity index (χ0v) is 22.1. The van der Waals surface area contributed by atoms with Crippen LogP contribution in [-0.4, -0.2) is 50.7 Å². The van der Waals surface area contributed by atoms with Crippen molar-refractivity contribution in [2.75, 3.05) is 19.8 Å². The molecule has 2 heterocycles. The molecule has 0 saturated carbocycles. The van der Waals surface area contributed by atoms with Gasteiger partial charge in [-0.2, -0.15) is 21.6 Å². The zero-order valence-electron chi connectivity index (χ0n) is 21.3. The van der Waals surface area contributed by atoms with E-state index in [4.69, 9.17) is 9.47 Å². The molecule has 6 rings (SSSR count). The number of alkyl halides is 3. The number of ether oxygens (including phenoxy) is 2. The topological polar surface area (TPSA) is 82.1 Å². The van der Waals surface area contributed by atoms with E-state index in [1.165, 1.54) is 17.0 Å². The predicted molar refractivity (Wildman–Crippen MR) is 139 cm³/mol. The molecule has 7 nitrogen and oxygen atoms in total. The summed E-state index contributed by atoms with van der Waals surface area (Å²) in [6.07, 6.45) is 0.0859. The van der Waals surface area contributed by atoms with Gasteiger partial charge in [0.1, 0.15) is 18.5 Å². The highest BCUT2D eigenvalue weighted by Gasteiger charge is 2.50. The summed E-state index contributed by atoms with van der Waals surface area (Å²) in [5.74, 6) is -0.574. The average Bonchev–Trinajstić information content (AvgIpc) is 3.54. The molecule has 11 heteroatoms. The van der Waals surface area contributed by atoms with Crippen LogP contribution in [0.4, 0.5) is 18.0 Å². The van der Waals surface area contributed by atoms with E-state index in [-0.39, 0.29) is 24.7 Å². The van der Waals surface area contributed by atoms with Gasteiger partial charge < -0.3 is 18.6 Å². The van der Waals surface area contributed by atoms with Crippen LogP contribution in [0.3, 0.4) is 0 Å². The number of carbonyl (C=O) groups excluding carboxylic acids is 1. The Morgan fingerprint density at radius 2 is 1.65 bits per heavy atom. The minimum absolute atomic E-state index is 0.121. The number of fused-ring (bicyclic) bond motifs is 4. The van der Waals surface area contributed by atoms with Crippen molar-refractivity contribution in [1.29, 1.82) is 0 Å². The fourth-order valence-electron chi connectivity index (χ4n) is 6.06. The molecule has 0 aromatic heterocycles. The van der Waals surface area contributed by atoms with Crippen LogP contribution < -0.4 is 4.18 Å². The molecule has 0 spiro atoms. The van der Waals surface area contributed by atoms with E-state index < -0.39 is 39.6 Å². The molecule has 3 aromatic carbocycles. The number of nitrogens with zero attached hydrogens (tertiary/aromatic N) is 1. The molecule has 3 aromatic rings. The third-order valence-corrected chi connectivity index (χ3v) is 8.78. The molecule has 40 heavy (non-hydrogen) atoms. The lowest BCUT2D eigenvalue weighted by molar-refractivity contribution is -0.0503. The summed E-state index contributed by atoms with van der Waals surface area (Å²) in [6.45, 7) is 0.763. The van der Waals surface area contributed by atoms with Gasteiger partial charge in [-0.05, 0) is 53.1 Å². The summed E-state index contributed by atoms with van der Waals surface area (Å²) < 4.78 is 79.3. The summed E-state index contributed by atoms with van der Waals surface area (Å²) in [5.41, 5.74) is -0.395. The summed E-state index contributed by atoms with van der Waals surface area (Å²) in [5, 5.41) is 0. The van der Waals surface area contributed by atoms with Gasteiger partial charge in [-0.25, -0.2) is 4.79 Å². The van der Waals surface area contributed by atoms with E-state index in [0.717, 1.165) is 22.3 Å². The van der Waals surface area contributed by atoms with Crippen LogP contribution in [0.25, 0.3) is 11.1 Å². The number of likely N-dealkylation sites (tertiary alicyclic amines) is 1. The predicted octanol–water partition coefficient (Wildman–Crippen LogP) is 5.94. The Bertz CT molecular complexity index is 1510. The van der Waals surface area contributed by atoms with Crippen molar-refractivity contribution in [3.8, 4) is 16.9 Å².